The number of carbonyl (C=O) groups excluding carboxylic acids is 2. The molecule has 0 fully saturated rings. The molecule has 0 aliphatic carbocycles. The van der Waals surface area contributed by atoms with Crippen molar-refractivity contribution in [2.75, 3.05) is 7.11 Å². The molecule has 0 bridgehead atoms. The Morgan fingerprint density at radius 1 is 1.21 bits per heavy atom. The number of carbonyl (C=O) groups is 2. The van der Waals surface area contributed by atoms with Gasteiger partial charge in [-0.25, -0.2) is 9.78 Å². The zero-order chi connectivity index (χ0) is 20.3. The van der Waals surface area contributed by atoms with Crippen molar-refractivity contribution in [3.05, 3.63) is 40.8 Å². The first-order valence-electron chi connectivity index (χ1n) is 9.13. The van der Waals surface area contributed by atoms with Crippen molar-refractivity contribution in [3.8, 4) is 11.3 Å². The molecule has 0 saturated carbocycles. The van der Waals surface area contributed by atoms with Crippen molar-refractivity contribution in [2.24, 2.45) is 0 Å². The fourth-order valence-electron chi connectivity index (χ4n) is 2.88. The van der Waals surface area contributed by atoms with Gasteiger partial charge in [0.05, 0.1) is 23.3 Å². The maximum Gasteiger partial charge on any atom is 0.419 e. The Morgan fingerprint density at radius 3 is 2.68 bits per heavy atom. The Balaban J connectivity index is 1.88. The average Bonchev–Trinajstić information content (AvgIpc) is 3.24. The van der Waals surface area contributed by atoms with Crippen LogP contribution in [0.1, 0.15) is 38.6 Å². The molecule has 0 N–H and O–H groups in total. The number of thiazole rings is 1. The van der Waals surface area contributed by atoms with Gasteiger partial charge in [-0.1, -0.05) is 18.2 Å². The number of ether oxygens (including phenoxy) is 2. The van der Waals surface area contributed by atoms with Gasteiger partial charge in [-0.2, -0.15) is 0 Å². The number of methoxy groups -OCH3 is 1. The van der Waals surface area contributed by atoms with Crippen LogP contribution in [-0.2, 0) is 20.7 Å². The normalized spacial score (nSPS) is 11.6. The minimum absolute atomic E-state index is 0.211. The van der Waals surface area contributed by atoms with Gasteiger partial charge in [-0.3, -0.25) is 9.36 Å². The Hall–Kier alpha value is -2.67. The minimum Gasteiger partial charge on any atom is -0.469 e. The van der Waals surface area contributed by atoms with E-state index < -0.39 is 11.7 Å². The molecular formula is C21H24N2O4S. The SMILES string of the molecule is COC(=O)CCCc1nc(-c2cn(C(=O)OC(C)(C)C)c3ccccc23)cs1. The number of para-hydroxylation sites is 1. The summed E-state index contributed by atoms with van der Waals surface area (Å²) in [6, 6.07) is 7.70. The van der Waals surface area contributed by atoms with E-state index in [0.29, 0.717) is 19.3 Å². The Labute approximate surface area is 168 Å². The minimum atomic E-state index is -0.573. The highest BCUT2D eigenvalue weighted by atomic mass is 32.1. The second-order valence-corrected chi connectivity index (χ2v) is 8.41. The van der Waals surface area contributed by atoms with Gasteiger partial charge >= 0.3 is 12.1 Å². The number of fused-ring (bicyclic) bond motifs is 1. The predicted molar refractivity (Wildman–Crippen MR) is 110 cm³/mol. The highest BCUT2D eigenvalue weighted by Crippen LogP contribution is 2.32. The average molecular weight is 401 g/mol. The summed E-state index contributed by atoms with van der Waals surface area (Å²) in [5, 5.41) is 3.88. The third kappa shape index (κ3) is 4.59. The van der Waals surface area contributed by atoms with Crippen LogP contribution in [0.2, 0.25) is 0 Å². The summed E-state index contributed by atoms with van der Waals surface area (Å²) in [5.74, 6) is -0.211. The van der Waals surface area contributed by atoms with E-state index in [0.717, 1.165) is 27.2 Å². The number of rotatable bonds is 5. The third-order valence-electron chi connectivity index (χ3n) is 4.13. The zero-order valence-corrected chi connectivity index (χ0v) is 17.3. The number of esters is 1. The highest BCUT2D eigenvalue weighted by molar-refractivity contribution is 7.09. The van der Waals surface area contributed by atoms with Crippen LogP contribution in [0.4, 0.5) is 4.79 Å². The van der Waals surface area contributed by atoms with Gasteiger partial charge < -0.3 is 9.47 Å². The molecule has 2 aromatic heterocycles. The molecule has 3 aromatic rings. The van der Waals surface area contributed by atoms with Gasteiger partial charge in [-0.15, -0.1) is 11.3 Å². The van der Waals surface area contributed by atoms with Gasteiger partial charge in [0.15, 0.2) is 0 Å². The molecule has 7 heteroatoms. The van der Waals surface area contributed by atoms with E-state index >= 15 is 0 Å². The molecule has 0 aliphatic rings. The zero-order valence-electron chi connectivity index (χ0n) is 16.5. The summed E-state index contributed by atoms with van der Waals surface area (Å²) in [5.41, 5.74) is 1.91. The molecule has 0 saturated heterocycles. The smallest absolute Gasteiger partial charge is 0.419 e. The van der Waals surface area contributed by atoms with Crippen molar-refractivity contribution in [1.82, 2.24) is 9.55 Å². The summed E-state index contributed by atoms with van der Waals surface area (Å²) in [6.07, 6.45) is 3.16. The lowest BCUT2D eigenvalue weighted by Gasteiger charge is -2.19. The first kappa shape index (κ1) is 20.1. The summed E-state index contributed by atoms with van der Waals surface area (Å²) >= 11 is 1.55. The lowest BCUT2D eigenvalue weighted by molar-refractivity contribution is -0.140. The van der Waals surface area contributed by atoms with E-state index in [1.165, 1.54) is 11.7 Å². The molecule has 0 aliphatic heterocycles. The molecule has 3 rings (SSSR count). The van der Waals surface area contributed by atoms with Crippen LogP contribution in [-0.4, -0.2) is 34.3 Å². The fourth-order valence-corrected chi connectivity index (χ4v) is 3.72. The van der Waals surface area contributed by atoms with Gasteiger partial charge in [0, 0.05) is 28.9 Å². The van der Waals surface area contributed by atoms with Crippen LogP contribution in [0.25, 0.3) is 22.2 Å². The first-order valence-corrected chi connectivity index (χ1v) is 10.0. The van der Waals surface area contributed by atoms with Gasteiger partial charge in [-0.05, 0) is 39.7 Å². The monoisotopic (exact) mass is 400 g/mol. The molecule has 0 atom stereocenters. The quantitative estimate of drug-likeness (QED) is 0.561. The van der Waals surface area contributed by atoms with Crippen molar-refractivity contribution < 1.29 is 19.1 Å². The molecule has 28 heavy (non-hydrogen) atoms. The number of hydrogen-bond donors (Lipinski definition) is 0. The molecule has 6 nitrogen and oxygen atoms in total. The molecule has 1 aromatic carbocycles. The van der Waals surface area contributed by atoms with Gasteiger partial charge in [0.25, 0.3) is 0 Å². The maximum absolute atomic E-state index is 12.6. The molecular weight excluding hydrogens is 376 g/mol. The summed E-state index contributed by atoms with van der Waals surface area (Å²) in [6.45, 7) is 5.54. The van der Waals surface area contributed by atoms with Gasteiger partial charge in [0.2, 0.25) is 0 Å². The van der Waals surface area contributed by atoms with Crippen LogP contribution in [0.15, 0.2) is 35.8 Å². The Bertz CT molecular complexity index is 997. The second-order valence-electron chi connectivity index (χ2n) is 7.47. The van der Waals surface area contributed by atoms with E-state index in [2.05, 4.69) is 4.74 Å². The molecule has 2 heterocycles. The largest absolute Gasteiger partial charge is 0.469 e. The molecule has 148 valence electrons. The summed E-state index contributed by atoms with van der Waals surface area (Å²) in [4.78, 5) is 28.6. The highest BCUT2D eigenvalue weighted by Gasteiger charge is 2.21. The van der Waals surface area contributed by atoms with Crippen molar-refractivity contribution in [1.29, 1.82) is 0 Å². The summed E-state index contributed by atoms with van der Waals surface area (Å²) < 4.78 is 11.7. The third-order valence-corrected chi connectivity index (χ3v) is 5.04. The number of aryl methyl sites for hydroxylation is 1. The van der Waals surface area contributed by atoms with E-state index in [1.807, 2.05) is 50.4 Å². The van der Waals surface area contributed by atoms with E-state index in [-0.39, 0.29) is 5.97 Å². The fraction of sp³-hybridized carbons (Fsp3) is 0.381. The molecule has 0 spiro atoms. The van der Waals surface area contributed by atoms with Crippen LogP contribution in [0.3, 0.4) is 0 Å². The van der Waals surface area contributed by atoms with E-state index in [4.69, 9.17) is 9.72 Å². The lowest BCUT2D eigenvalue weighted by atomic mass is 10.1. The number of nitrogens with zero attached hydrogens (tertiary/aromatic N) is 2. The van der Waals surface area contributed by atoms with Crippen LogP contribution < -0.4 is 0 Å². The number of benzene rings is 1. The van der Waals surface area contributed by atoms with Crippen molar-refractivity contribution in [3.63, 3.8) is 0 Å². The molecule has 0 unspecified atom stereocenters. The van der Waals surface area contributed by atoms with Crippen molar-refractivity contribution in [2.45, 2.75) is 45.6 Å². The van der Waals surface area contributed by atoms with E-state index in [9.17, 15) is 9.59 Å². The van der Waals surface area contributed by atoms with Crippen molar-refractivity contribution >= 4 is 34.3 Å². The van der Waals surface area contributed by atoms with Crippen LogP contribution >= 0.6 is 11.3 Å². The number of hydrogen-bond acceptors (Lipinski definition) is 6. The first-order chi connectivity index (χ1) is 13.3. The van der Waals surface area contributed by atoms with Gasteiger partial charge in [0.1, 0.15) is 5.60 Å². The maximum atomic E-state index is 12.6. The molecule has 0 amide bonds. The topological polar surface area (TPSA) is 70.4 Å². The lowest BCUT2D eigenvalue weighted by Crippen LogP contribution is -2.26. The molecule has 0 radical (unpaired) electrons. The van der Waals surface area contributed by atoms with Crippen LogP contribution in [0, 0.1) is 0 Å². The van der Waals surface area contributed by atoms with E-state index in [1.54, 1.807) is 17.5 Å². The Morgan fingerprint density at radius 2 is 1.96 bits per heavy atom. The second kappa shape index (κ2) is 8.14. The standard InChI is InChI=1S/C21H24N2O4S/c1-21(2,3)27-20(25)23-12-15(14-8-5-6-9-17(14)23)16-13-28-18(22-16)10-7-11-19(24)26-4/h5-6,8-9,12-13H,7,10-11H2,1-4H3. The summed E-state index contributed by atoms with van der Waals surface area (Å²) in [7, 11) is 1.39. The Kier molecular flexibility index (Phi) is 5.84. The number of aromatic nitrogens is 2. The predicted octanol–water partition coefficient (Wildman–Crippen LogP) is 5.04. The van der Waals surface area contributed by atoms with Crippen LogP contribution in [0.5, 0.6) is 0 Å².